The zero-order valence-corrected chi connectivity index (χ0v) is 14.8. The minimum atomic E-state index is -4.90. The van der Waals surface area contributed by atoms with Crippen LogP contribution in [0, 0.1) is 0 Å². The van der Waals surface area contributed by atoms with Crippen molar-refractivity contribution in [2.75, 3.05) is 0 Å². The minimum absolute atomic E-state index is 0.206. The van der Waals surface area contributed by atoms with Gasteiger partial charge in [-0.2, -0.15) is 17.9 Å². The molecule has 1 atom stereocenters. The van der Waals surface area contributed by atoms with Crippen molar-refractivity contribution in [3.05, 3.63) is 62.5 Å². The van der Waals surface area contributed by atoms with Gasteiger partial charge in [0.15, 0.2) is 0 Å². The average molecular weight is 415 g/mol. The van der Waals surface area contributed by atoms with E-state index in [0.29, 0.717) is 0 Å². The molecule has 0 aliphatic carbocycles. The lowest BCUT2D eigenvalue weighted by molar-refractivity contribution is -0.153. The molecule has 2 aromatic rings. The first kappa shape index (κ1) is 19.8. The second-order valence-electron chi connectivity index (χ2n) is 5.09. The van der Waals surface area contributed by atoms with E-state index in [1.54, 1.807) is 4.72 Å². The molecule has 0 spiro atoms. The summed E-state index contributed by atoms with van der Waals surface area (Å²) in [4.78, 5) is 10.9. The molecule has 1 aromatic carbocycles. The maximum Gasteiger partial charge on any atom is 0.408 e. The van der Waals surface area contributed by atoms with Crippen molar-refractivity contribution in [2.45, 2.75) is 17.1 Å². The third kappa shape index (κ3) is 4.55. The summed E-state index contributed by atoms with van der Waals surface area (Å²) in [7, 11) is -3.38. The number of benzene rings is 1. The van der Waals surface area contributed by atoms with Crippen molar-refractivity contribution in [1.82, 2.24) is 9.29 Å². The molecule has 25 heavy (non-hydrogen) atoms. The molecule has 1 aromatic heterocycles. The molecule has 1 N–H and O–H groups in total. The first-order valence-electron chi connectivity index (χ1n) is 6.62. The van der Waals surface area contributed by atoms with Crippen molar-refractivity contribution in [2.24, 2.45) is 7.05 Å². The van der Waals surface area contributed by atoms with E-state index < -0.39 is 37.7 Å². The summed E-state index contributed by atoms with van der Waals surface area (Å²) < 4.78 is 67.1. The van der Waals surface area contributed by atoms with Gasteiger partial charge in [0.25, 0.3) is 5.56 Å². The number of pyridine rings is 1. The lowest BCUT2D eigenvalue weighted by atomic mass is 10.1. The quantitative estimate of drug-likeness (QED) is 0.834. The maximum absolute atomic E-state index is 13.3. The Morgan fingerprint density at radius 1 is 1.16 bits per heavy atom. The van der Waals surface area contributed by atoms with E-state index in [1.807, 2.05) is 0 Å². The number of hydrogen-bond donors (Lipinski definition) is 1. The zero-order valence-electron chi connectivity index (χ0n) is 12.5. The number of alkyl halides is 3. The predicted octanol–water partition coefficient (Wildman–Crippen LogP) is 3.27. The molecule has 0 aliphatic rings. The van der Waals surface area contributed by atoms with Crippen molar-refractivity contribution in [3.8, 4) is 0 Å². The number of nitrogens with zero attached hydrogens (tertiary/aromatic N) is 1. The molecule has 136 valence electrons. The molecule has 0 aliphatic heterocycles. The van der Waals surface area contributed by atoms with Crippen LogP contribution >= 0.6 is 23.2 Å². The molecule has 0 fully saturated rings. The van der Waals surface area contributed by atoms with Crippen LogP contribution in [0.2, 0.25) is 10.0 Å². The van der Waals surface area contributed by atoms with Crippen LogP contribution in [0.25, 0.3) is 0 Å². The highest BCUT2D eigenvalue weighted by Crippen LogP contribution is 2.34. The minimum Gasteiger partial charge on any atom is -0.316 e. The fraction of sp³-hybridized carbons (Fsp3) is 0.214. The largest absolute Gasteiger partial charge is 0.408 e. The Balaban J connectivity index is 2.48. The lowest BCUT2D eigenvalue weighted by Crippen LogP contribution is -2.38. The highest BCUT2D eigenvalue weighted by molar-refractivity contribution is 7.89. The normalized spacial score (nSPS) is 13.7. The Bertz CT molecular complexity index is 915. The van der Waals surface area contributed by atoms with Gasteiger partial charge in [-0.15, -0.1) is 0 Å². The highest BCUT2D eigenvalue weighted by Gasteiger charge is 2.43. The summed E-state index contributed by atoms with van der Waals surface area (Å²) in [5, 5.41) is -0.224. The SMILES string of the molecule is Cn1cc(S(=O)(=O)N[C@H](c2ccc(Cl)cc2)C(F)(F)F)cc(Cl)c1=O. The number of halogens is 5. The number of rotatable bonds is 4. The highest BCUT2D eigenvalue weighted by atomic mass is 35.5. The van der Waals surface area contributed by atoms with Crippen LogP contribution in [0.4, 0.5) is 13.2 Å². The van der Waals surface area contributed by atoms with Crippen molar-refractivity contribution >= 4 is 33.2 Å². The second-order valence-corrected chi connectivity index (χ2v) is 7.64. The number of aryl methyl sites for hydroxylation is 1. The van der Waals surface area contributed by atoms with Crippen LogP contribution in [0.3, 0.4) is 0 Å². The van der Waals surface area contributed by atoms with E-state index in [9.17, 15) is 26.4 Å². The number of sulfonamides is 1. The number of nitrogens with one attached hydrogen (secondary N) is 1. The topological polar surface area (TPSA) is 68.2 Å². The molecule has 0 unspecified atom stereocenters. The molecule has 2 rings (SSSR count). The molecular formula is C14H11Cl2F3N2O3S. The van der Waals surface area contributed by atoms with Crippen LogP contribution in [-0.2, 0) is 17.1 Å². The fourth-order valence-electron chi connectivity index (χ4n) is 1.99. The van der Waals surface area contributed by atoms with Gasteiger partial charge >= 0.3 is 6.18 Å². The Hall–Kier alpha value is -1.55. The van der Waals surface area contributed by atoms with Crippen LogP contribution in [0.5, 0.6) is 0 Å². The van der Waals surface area contributed by atoms with E-state index in [-0.39, 0.29) is 10.6 Å². The van der Waals surface area contributed by atoms with E-state index in [2.05, 4.69) is 0 Å². The summed E-state index contributed by atoms with van der Waals surface area (Å²) in [6.45, 7) is 0. The molecule has 0 saturated carbocycles. The van der Waals surface area contributed by atoms with E-state index in [4.69, 9.17) is 23.2 Å². The maximum atomic E-state index is 13.3. The lowest BCUT2D eigenvalue weighted by Gasteiger charge is -2.22. The Morgan fingerprint density at radius 3 is 2.20 bits per heavy atom. The summed E-state index contributed by atoms with van der Waals surface area (Å²) in [6, 6.07) is 2.86. The number of aromatic nitrogens is 1. The van der Waals surface area contributed by atoms with Gasteiger partial charge in [-0.05, 0) is 23.8 Å². The molecule has 0 amide bonds. The zero-order chi connectivity index (χ0) is 19.0. The summed E-state index contributed by atoms with van der Waals surface area (Å²) >= 11 is 11.3. The molecule has 5 nitrogen and oxygen atoms in total. The second kappa shape index (κ2) is 6.99. The molecular weight excluding hydrogens is 404 g/mol. The van der Waals surface area contributed by atoms with Crippen LogP contribution in [-0.4, -0.2) is 19.2 Å². The first-order chi connectivity index (χ1) is 11.4. The standard InChI is InChI=1S/C14H11Cl2F3N2O3S/c1-21-7-10(6-11(16)13(21)22)25(23,24)20-12(14(17,18)19)8-2-4-9(15)5-3-8/h2-7,12,20H,1H3/t12-/m1/s1. The fourth-order valence-corrected chi connectivity index (χ4v) is 3.72. The molecule has 0 saturated heterocycles. The molecule has 0 bridgehead atoms. The smallest absolute Gasteiger partial charge is 0.316 e. The van der Waals surface area contributed by atoms with Crippen molar-refractivity contribution in [1.29, 1.82) is 0 Å². The summed E-state index contributed by atoms with van der Waals surface area (Å²) in [5.74, 6) is 0. The molecule has 0 radical (unpaired) electrons. The van der Waals surface area contributed by atoms with Crippen molar-refractivity contribution in [3.63, 3.8) is 0 Å². The average Bonchev–Trinajstić information content (AvgIpc) is 2.50. The third-order valence-corrected chi connectivity index (χ3v) is 5.14. The van der Waals surface area contributed by atoms with Gasteiger partial charge < -0.3 is 4.57 Å². The van der Waals surface area contributed by atoms with Crippen molar-refractivity contribution < 1.29 is 21.6 Å². The van der Waals surface area contributed by atoms with E-state index >= 15 is 0 Å². The van der Waals surface area contributed by atoms with Gasteiger partial charge in [0.2, 0.25) is 10.0 Å². The monoisotopic (exact) mass is 414 g/mol. The van der Waals surface area contributed by atoms with Crippen LogP contribution in [0.15, 0.2) is 46.2 Å². The van der Waals surface area contributed by atoms with Gasteiger partial charge in [0.05, 0.1) is 4.90 Å². The Labute approximate surface area is 151 Å². The molecule has 1 heterocycles. The Kier molecular flexibility index (Phi) is 5.53. The van der Waals surface area contributed by atoms with Crippen LogP contribution < -0.4 is 10.3 Å². The van der Waals surface area contributed by atoms with E-state index in [0.717, 1.165) is 29.0 Å². The van der Waals surface area contributed by atoms with Gasteiger partial charge in [0, 0.05) is 18.3 Å². The number of hydrogen-bond acceptors (Lipinski definition) is 3. The van der Waals surface area contributed by atoms with Gasteiger partial charge in [-0.25, -0.2) is 8.42 Å². The Morgan fingerprint density at radius 2 is 1.72 bits per heavy atom. The first-order valence-corrected chi connectivity index (χ1v) is 8.86. The summed E-state index contributed by atoms with van der Waals surface area (Å²) in [5.41, 5.74) is -1.01. The predicted molar refractivity (Wildman–Crippen MR) is 87.3 cm³/mol. The van der Waals surface area contributed by atoms with Gasteiger partial charge in [0.1, 0.15) is 11.1 Å². The molecule has 11 heteroatoms. The van der Waals surface area contributed by atoms with E-state index in [1.165, 1.54) is 19.2 Å². The van der Waals surface area contributed by atoms with Gasteiger partial charge in [-0.3, -0.25) is 4.79 Å². The third-order valence-electron chi connectivity index (χ3n) is 3.23. The van der Waals surface area contributed by atoms with Gasteiger partial charge in [-0.1, -0.05) is 35.3 Å². The van der Waals surface area contributed by atoms with Crippen LogP contribution in [0.1, 0.15) is 11.6 Å². The summed E-state index contributed by atoms with van der Waals surface area (Å²) in [6.07, 6.45) is -4.02.